The van der Waals surface area contributed by atoms with Gasteiger partial charge in [-0.1, -0.05) is 30.3 Å². The summed E-state index contributed by atoms with van der Waals surface area (Å²) in [6.07, 6.45) is 0.760. The van der Waals surface area contributed by atoms with Crippen LogP contribution in [-0.4, -0.2) is 12.2 Å². The summed E-state index contributed by atoms with van der Waals surface area (Å²) >= 11 is 1.54. The highest BCUT2D eigenvalue weighted by molar-refractivity contribution is 7.17. The maximum atomic E-state index is 12.3. The van der Waals surface area contributed by atoms with Gasteiger partial charge in [-0.15, -0.1) is 11.3 Å². The molecule has 0 saturated heterocycles. The van der Waals surface area contributed by atoms with E-state index in [4.69, 9.17) is 0 Å². The van der Waals surface area contributed by atoms with Gasteiger partial charge in [-0.3, -0.25) is 9.59 Å². The molecule has 0 aliphatic heterocycles. The van der Waals surface area contributed by atoms with Crippen LogP contribution < -0.4 is 5.32 Å². The van der Waals surface area contributed by atoms with E-state index in [1.165, 1.54) is 0 Å². The van der Waals surface area contributed by atoms with Crippen LogP contribution in [0.15, 0.2) is 53.9 Å². The van der Waals surface area contributed by atoms with E-state index in [1.807, 2.05) is 29.6 Å². The van der Waals surface area contributed by atoms with E-state index in [2.05, 4.69) is 5.32 Å². The van der Waals surface area contributed by atoms with Crippen LogP contribution in [0.2, 0.25) is 0 Å². The normalized spacial score (nSPS) is 10.4. The molecule has 3 aromatic rings. The molecule has 98 valence electrons. The minimum atomic E-state index is -0.162. The van der Waals surface area contributed by atoms with Crippen LogP contribution in [0.1, 0.15) is 20.7 Å². The Bertz CT molecular complexity index is 792. The number of nitrogens with one attached hydrogen (secondary N) is 1. The molecule has 0 unspecified atom stereocenters. The second kappa shape index (κ2) is 5.27. The zero-order chi connectivity index (χ0) is 13.9. The fourth-order valence-electron chi connectivity index (χ4n) is 2.04. The number of hydrogen-bond donors (Lipinski definition) is 1. The molecule has 1 N–H and O–H groups in total. The first-order valence-electron chi connectivity index (χ1n) is 6.11. The van der Waals surface area contributed by atoms with E-state index in [-0.39, 0.29) is 5.91 Å². The summed E-state index contributed by atoms with van der Waals surface area (Å²) in [5.41, 5.74) is 1.81. The molecule has 0 radical (unpaired) electrons. The van der Waals surface area contributed by atoms with E-state index in [9.17, 15) is 9.59 Å². The Hall–Kier alpha value is -2.46. The highest BCUT2D eigenvalue weighted by atomic mass is 32.1. The minimum Gasteiger partial charge on any atom is -0.322 e. The third-order valence-electron chi connectivity index (χ3n) is 3.01. The van der Waals surface area contributed by atoms with Crippen LogP contribution >= 0.6 is 11.3 Å². The van der Waals surface area contributed by atoms with Gasteiger partial charge in [0.05, 0.1) is 5.56 Å². The summed E-state index contributed by atoms with van der Waals surface area (Å²) in [5.74, 6) is -0.162. The van der Waals surface area contributed by atoms with Crippen LogP contribution in [0.5, 0.6) is 0 Å². The van der Waals surface area contributed by atoms with E-state index < -0.39 is 0 Å². The van der Waals surface area contributed by atoms with Gasteiger partial charge in [-0.2, -0.15) is 0 Å². The highest BCUT2D eigenvalue weighted by Crippen LogP contribution is 2.26. The molecule has 0 aliphatic carbocycles. The van der Waals surface area contributed by atoms with Crippen molar-refractivity contribution in [3.05, 3.63) is 65.0 Å². The van der Waals surface area contributed by atoms with Crippen molar-refractivity contribution in [2.24, 2.45) is 0 Å². The Balaban J connectivity index is 1.91. The number of carbonyl (C=O) groups excluding carboxylic acids is 2. The van der Waals surface area contributed by atoms with Gasteiger partial charge in [-0.05, 0) is 18.2 Å². The molecule has 4 heteroatoms. The summed E-state index contributed by atoms with van der Waals surface area (Å²) < 4.78 is 1.08. The molecule has 0 spiro atoms. The predicted molar refractivity (Wildman–Crippen MR) is 81.6 cm³/mol. The van der Waals surface area contributed by atoms with E-state index >= 15 is 0 Å². The Kier molecular flexibility index (Phi) is 3.31. The van der Waals surface area contributed by atoms with Crippen molar-refractivity contribution in [2.75, 3.05) is 5.32 Å². The maximum Gasteiger partial charge on any atom is 0.257 e. The molecule has 1 heterocycles. The lowest BCUT2D eigenvalue weighted by atomic mass is 10.1. The second-order valence-corrected chi connectivity index (χ2v) is 5.25. The fourth-order valence-corrected chi connectivity index (χ4v) is 2.98. The first-order chi connectivity index (χ1) is 9.78. The zero-order valence-electron chi connectivity index (χ0n) is 10.5. The van der Waals surface area contributed by atoms with Gasteiger partial charge < -0.3 is 5.32 Å². The van der Waals surface area contributed by atoms with Crippen molar-refractivity contribution in [1.82, 2.24) is 0 Å². The number of aldehydes is 1. The number of carbonyl (C=O) groups is 2. The lowest BCUT2D eigenvalue weighted by molar-refractivity contribution is 0.102. The summed E-state index contributed by atoms with van der Waals surface area (Å²) in [6, 6.07) is 14.6. The smallest absolute Gasteiger partial charge is 0.257 e. The van der Waals surface area contributed by atoms with Crippen molar-refractivity contribution < 1.29 is 9.59 Å². The summed E-state index contributed by atoms with van der Waals surface area (Å²) in [7, 11) is 0. The van der Waals surface area contributed by atoms with Crippen LogP contribution in [0.4, 0.5) is 5.69 Å². The number of thiophene rings is 1. The van der Waals surface area contributed by atoms with E-state index in [1.54, 1.807) is 35.6 Å². The van der Waals surface area contributed by atoms with Gasteiger partial charge in [0, 0.05) is 26.7 Å². The molecule has 1 amide bonds. The lowest BCUT2D eigenvalue weighted by Crippen LogP contribution is -2.11. The molecule has 3 nitrogen and oxygen atoms in total. The Morgan fingerprint density at radius 2 is 1.95 bits per heavy atom. The van der Waals surface area contributed by atoms with Crippen molar-refractivity contribution >= 4 is 39.3 Å². The maximum absolute atomic E-state index is 12.3. The predicted octanol–water partition coefficient (Wildman–Crippen LogP) is 3.97. The summed E-state index contributed by atoms with van der Waals surface area (Å²) in [6.45, 7) is 0. The average molecular weight is 281 g/mol. The third kappa shape index (κ3) is 2.33. The topological polar surface area (TPSA) is 46.2 Å². The van der Waals surface area contributed by atoms with E-state index in [0.29, 0.717) is 16.8 Å². The third-order valence-corrected chi connectivity index (χ3v) is 3.97. The zero-order valence-corrected chi connectivity index (χ0v) is 11.3. The molecule has 2 aromatic carbocycles. The second-order valence-electron chi connectivity index (χ2n) is 4.34. The molecule has 0 fully saturated rings. The summed E-state index contributed by atoms with van der Waals surface area (Å²) in [4.78, 5) is 23.0. The Morgan fingerprint density at radius 3 is 2.80 bits per heavy atom. The molecular formula is C16H11NO2S. The van der Waals surface area contributed by atoms with Crippen LogP contribution in [-0.2, 0) is 0 Å². The number of rotatable bonds is 3. The van der Waals surface area contributed by atoms with Crippen molar-refractivity contribution in [2.45, 2.75) is 0 Å². The molecule has 20 heavy (non-hydrogen) atoms. The molecule has 3 rings (SSSR count). The van der Waals surface area contributed by atoms with Crippen molar-refractivity contribution in [1.29, 1.82) is 0 Å². The van der Waals surface area contributed by atoms with Gasteiger partial charge in [0.2, 0.25) is 0 Å². The van der Waals surface area contributed by atoms with Crippen molar-refractivity contribution in [3.8, 4) is 0 Å². The number of amides is 1. The number of fused-ring (bicyclic) bond motifs is 1. The lowest BCUT2D eigenvalue weighted by Gasteiger charge is -2.04. The van der Waals surface area contributed by atoms with Gasteiger partial charge in [-0.25, -0.2) is 0 Å². The quantitative estimate of drug-likeness (QED) is 0.738. The Labute approximate surface area is 119 Å². The van der Waals surface area contributed by atoms with Crippen LogP contribution in [0.25, 0.3) is 10.1 Å². The minimum absolute atomic E-state index is 0.162. The molecular weight excluding hydrogens is 270 g/mol. The molecule has 0 bridgehead atoms. The highest BCUT2D eigenvalue weighted by Gasteiger charge is 2.12. The molecule has 0 aliphatic rings. The standard InChI is InChI=1S/C16H11NO2S/c18-9-11-4-3-5-12(8-11)17-16(19)14-10-20-15-7-2-1-6-13(14)15/h1-10H,(H,17,19). The number of anilines is 1. The van der Waals surface area contributed by atoms with Crippen LogP contribution in [0, 0.1) is 0 Å². The SMILES string of the molecule is O=Cc1cccc(NC(=O)c2csc3ccccc23)c1. The van der Waals surface area contributed by atoms with Gasteiger partial charge in [0.15, 0.2) is 0 Å². The average Bonchev–Trinajstić information content (AvgIpc) is 2.91. The number of hydrogen-bond acceptors (Lipinski definition) is 3. The van der Waals surface area contributed by atoms with Gasteiger partial charge in [0.25, 0.3) is 5.91 Å². The fraction of sp³-hybridized carbons (Fsp3) is 0. The largest absolute Gasteiger partial charge is 0.322 e. The Morgan fingerprint density at radius 1 is 1.10 bits per heavy atom. The van der Waals surface area contributed by atoms with Gasteiger partial charge >= 0.3 is 0 Å². The molecule has 0 atom stereocenters. The van der Waals surface area contributed by atoms with E-state index in [0.717, 1.165) is 16.4 Å². The molecule has 0 saturated carbocycles. The first kappa shape index (κ1) is 12.6. The monoisotopic (exact) mass is 281 g/mol. The van der Waals surface area contributed by atoms with Gasteiger partial charge in [0.1, 0.15) is 6.29 Å². The number of benzene rings is 2. The van der Waals surface area contributed by atoms with Crippen molar-refractivity contribution in [3.63, 3.8) is 0 Å². The summed E-state index contributed by atoms with van der Waals surface area (Å²) in [5, 5.41) is 5.62. The van der Waals surface area contributed by atoms with Crippen LogP contribution in [0.3, 0.4) is 0 Å². The molecule has 1 aromatic heterocycles. The first-order valence-corrected chi connectivity index (χ1v) is 6.99.